The standard InChI is InChI=1S/C41H66O14/c1-36(19-43)12-14-41(35(51)55-34-32(50)30(48)29(47)24(17-42)53-34)15-13-39(4)21(22(41)16-36)6-7-26-37(2)10-9-27(54-33-31(49)28(46)23(45)18-52-33)38(3,20-44)25(37)8-11-40(26,39)5/h6,22-34,42-50H,7-20H2,1-5H3/t22?,23-,24+,25?,26?,27?,28-,29+,30-,31+,32+,33-,34-,36?,37?,38?,39?,40?,41?/m0/s1. The number of hydrogen-bond donors (Lipinski definition) is 9. The maximum atomic E-state index is 14.6. The summed E-state index contributed by atoms with van der Waals surface area (Å²) in [4.78, 5) is 14.6. The minimum absolute atomic E-state index is 0.0313. The van der Waals surface area contributed by atoms with Crippen LogP contribution in [0.2, 0.25) is 0 Å². The van der Waals surface area contributed by atoms with Crippen LogP contribution in [0.4, 0.5) is 0 Å². The Morgan fingerprint density at radius 1 is 0.782 bits per heavy atom. The molecular weight excluding hydrogens is 716 g/mol. The molecule has 10 unspecified atom stereocenters. The predicted octanol–water partition coefficient (Wildman–Crippen LogP) is 0.900. The lowest BCUT2D eigenvalue weighted by Crippen LogP contribution is -2.67. The van der Waals surface area contributed by atoms with Gasteiger partial charge in [-0.2, -0.15) is 0 Å². The van der Waals surface area contributed by atoms with Crippen LogP contribution in [0.3, 0.4) is 0 Å². The van der Waals surface area contributed by atoms with Gasteiger partial charge in [-0.15, -0.1) is 0 Å². The second-order valence-corrected chi connectivity index (χ2v) is 19.9. The lowest BCUT2D eigenvalue weighted by Gasteiger charge is -2.71. The zero-order chi connectivity index (χ0) is 40.1. The van der Waals surface area contributed by atoms with Gasteiger partial charge in [0.1, 0.15) is 42.7 Å². The highest BCUT2D eigenvalue weighted by molar-refractivity contribution is 5.79. The highest BCUT2D eigenvalue weighted by Gasteiger charge is 2.70. The van der Waals surface area contributed by atoms with Crippen LogP contribution < -0.4 is 0 Å². The second-order valence-electron chi connectivity index (χ2n) is 19.9. The number of fused-ring (bicyclic) bond motifs is 7. The van der Waals surface area contributed by atoms with Crippen LogP contribution in [0, 0.1) is 50.2 Å². The summed E-state index contributed by atoms with van der Waals surface area (Å²) in [6.07, 6.45) is -4.25. The fourth-order valence-corrected chi connectivity index (χ4v) is 13.3. The summed E-state index contributed by atoms with van der Waals surface area (Å²) in [7, 11) is 0. The molecule has 314 valence electrons. The number of aliphatic hydroxyl groups is 9. The van der Waals surface area contributed by atoms with Crippen molar-refractivity contribution >= 4 is 5.97 Å². The Labute approximate surface area is 323 Å². The highest BCUT2D eigenvalue weighted by atomic mass is 16.7. The topological polar surface area (TPSA) is 236 Å². The number of rotatable bonds is 7. The fraction of sp³-hybridized carbons (Fsp3) is 0.927. The number of ether oxygens (including phenoxy) is 4. The molecule has 2 aliphatic heterocycles. The van der Waals surface area contributed by atoms with Crippen molar-refractivity contribution in [1.82, 2.24) is 0 Å². The zero-order valence-electron chi connectivity index (χ0n) is 33.0. The van der Waals surface area contributed by atoms with Crippen LogP contribution in [-0.4, -0.2) is 140 Å². The number of carbonyl (C=O) groups excluding carboxylic acids is 1. The molecule has 19 atom stereocenters. The fourth-order valence-electron chi connectivity index (χ4n) is 13.3. The second kappa shape index (κ2) is 14.5. The van der Waals surface area contributed by atoms with E-state index in [1.165, 1.54) is 5.57 Å². The molecule has 9 N–H and O–H groups in total. The van der Waals surface area contributed by atoms with Crippen molar-refractivity contribution < 1.29 is 69.7 Å². The van der Waals surface area contributed by atoms with Gasteiger partial charge in [0.25, 0.3) is 0 Å². The molecule has 0 amide bonds. The summed E-state index contributed by atoms with van der Waals surface area (Å²) in [6, 6.07) is 0. The van der Waals surface area contributed by atoms with Gasteiger partial charge in [-0.05, 0) is 104 Å². The molecule has 2 saturated heterocycles. The van der Waals surface area contributed by atoms with E-state index in [1.807, 2.05) is 0 Å². The number of hydrogen-bond acceptors (Lipinski definition) is 14. The van der Waals surface area contributed by atoms with E-state index < -0.39 is 90.2 Å². The Morgan fingerprint density at radius 3 is 2.15 bits per heavy atom. The first-order valence-electron chi connectivity index (χ1n) is 20.5. The van der Waals surface area contributed by atoms with Crippen LogP contribution in [0.1, 0.15) is 98.8 Å². The molecule has 7 aliphatic rings. The maximum Gasteiger partial charge on any atom is 0.315 e. The maximum absolute atomic E-state index is 14.6. The van der Waals surface area contributed by atoms with E-state index in [-0.39, 0.29) is 53.8 Å². The van der Waals surface area contributed by atoms with Gasteiger partial charge in [0, 0.05) is 12.0 Å². The van der Waals surface area contributed by atoms with Gasteiger partial charge in [-0.3, -0.25) is 4.79 Å². The van der Waals surface area contributed by atoms with Crippen molar-refractivity contribution in [2.24, 2.45) is 50.2 Å². The van der Waals surface area contributed by atoms with Crippen LogP contribution in [0.5, 0.6) is 0 Å². The Morgan fingerprint density at radius 2 is 1.47 bits per heavy atom. The SMILES string of the molecule is CC1(CO)CCC2(C(=O)O[C@@H]3O[C@H](CO)[C@@H](O)[C@H](O)[C@H]3O)CCC3(C)C(=CCC4C5(C)CCC(O[C@@H]6OC[C@H](O)[C@H](O)[C@H]6O)C(C)(CO)C5CCC43C)C2C1. The van der Waals surface area contributed by atoms with Crippen molar-refractivity contribution in [1.29, 1.82) is 0 Å². The molecule has 0 bridgehead atoms. The summed E-state index contributed by atoms with van der Waals surface area (Å²) in [6.45, 7) is 10.3. The third-order valence-electron chi connectivity index (χ3n) is 17.2. The molecule has 0 aromatic rings. The minimum Gasteiger partial charge on any atom is -0.432 e. The summed E-state index contributed by atoms with van der Waals surface area (Å²) in [5, 5.41) is 94.1. The average molecular weight is 783 g/mol. The quantitative estimate of drug-likeness (QED) is 0.0992. The first-order chi connectivity index (χ1) is 25.8. The number of esters is 1. The van der Waals surface area contributed by atoms with Crippen molar-refractivity contribution in [3.8, 4) is 0 Å². The summed E-state index contributed by atoms with van der Waals surface area (Å²) >= 11 is 0. The predicted molar refractivity (Wildman–Crippen MR) is 194 cm³/mol. The van der Waals surface area contributed by atoms with Crippen molar-refractivity contribution in [3.63, 3.8) is 0 Å². The third kappa shape index (κ3) is 6.13. The highest BCUT2D eigenvalue weighted by Crippen LogP contribution is 2.76. The summed E-state index contributed by atoms with van der Waals surface area (Å²) in [5.74, 6) is -0.506. The Balaban J connectivity index is 1.19. The van der Waals surface area contributed by atoms with Gasteiger partial charge >= 0.3 is 5.97 Å². The lowest BCUT2D eigenvalue weighted by molar-refractivity contribution is -0.312. The van der Waals surface area contributed by atoms with E-state index in [0.29, 0.717) is 38.5 Å². The monoisotopic (exact) mass is 782 g/mol. The van der Waals surface area contributed by atoms with Gasteiger partial charge in [0.15, 0.2) is 6.29 Å². The number of carbonyl (C=O) groups is 1. The van der Waals surface area contributed by atoms with E-state index in [1.54, 1.807) is 0 Å². The Kier molecular flexibility index (Phi) is 11.0. The van der Waals surface area contributed by atoms with Crippen LogP contribution in [0.15, 0.2) is 11.6 Å². The van der Waals surface area contributed by atoms with Gasteiger partial charge in [0.2, 0.25) is 6.29 Å². The average Bonchev–Trinajstić information content (AvgIpc) is 3.16. The molecule has 5 aliphatic carbocycles. The smallest absolute Gasteiger partial charge is 0.315 e. The molecule has 0 spiro atoms. The molecular formula is C41H66O14. The van der Waals surface area contributed by atoms with E-state index in [4.69, 9.17) is 18.9 Å². The molecule has 2 heterocycles. The van der Waals surface area contributed by atoms with Gasteiger partial charge in [-0.1, -0.05) is 46.3 Å². The van der Waals surface area contributed by atoms with Gasteiger partial charge in [-0.25, -0.2) is 0 Å². The third-order valence-corrected chi connectivity index (χ3v) is 17.2. The number of aliphatic hydroxyl groups excluding tert-OH is 9. The molecule has 0 radical (unpaired) electrons. The van der Waals surface area contributed by atoms with Crippen molar-refractivity contribution in [2.45, 2.75) is 160 Å². The molecule has 0 aromatic carbocycles. The van der Waals surface area contributed by atoms with Crippen molar-refractivity contribution in [2.75, 3.05) is 26.4 Å². The van der Waals surface area contributed by atoms with E-state index in [9.17, 15) is 50.8 Å². The normalized spacial score (nSPS) is 55.2. The molecule has 14 nitrogen and oxygen atoms in total. The van der Waals surface area contributed by atoms with E-state index in [0.717, 1.165) is 25.7 Å². The van der Waals surface area contributed by atoms with E-state index in [2.05, 4.69) is 40.7 Å². The molecule has 4 saturated carbocycles. The van der Waals surface area contributed by atoms with Crippen molar-refractivity contribution in [3.05, 3.63) is 11.6 Å². The largest absolute Gasteiger partial charge is 0.432 e. The van der Waals surface area contributed by atoms with Crippen LogP contribution >= 0.6 is 0 Å². The number of allylic oxidation sites excluding steroid dienone is 2. The molecule has 0 aromatic heterocycles. The van der Waals surface area contributed by atoms with Gasteiger partial charge < -0.3 is 64.9 Å². The molecule has 7 rings (SSSR count). The molecule has 14 heteroatoms. The minimum atomic E-state index is -1.70. The Bertz CT molecular complexity index is 1480. The first-order valence-corrected chi connectivity index (χ1v) is 20.5. The van der Waals surface area contributed by atoms with Crippen LogP contribution in [-0.2, 0) is 23.7 Å². The molecule has 6 fully saturated rings. The summed E-state index contributed by atoms with van der Waals surface area (Å²) < 4.78 is 23.6. The van der Waals surface area contributed by atoms with Gasteiger partial charge in [0.05, 0.1) is 31.3 Å². The van der Waals surface area contributed by atoms with Crippen LogP contribution in [0.25, 0.3) is 0 Å². The zero-order valence-corrected chi connectivity index (χ0v) is 33.0. The molecule has 55 heavy (non-hydrogen) atoms. The lowest BCUT2D eigenvalue weighted by atomic mass is 9.33. The summed E-state index contributed by atoms with van der Waals surface area (Å²) in [5.41, 5.74) is -1.56. The van der Waals surface area contributed by atoms with E-state index >= 15 is 0 Å². The Hall–Kier alpha value is -1.27. The first kappa shape index (κ1) is 41.9.